The standard InChI is InChI=1S/C10H21NO2/c1-9(8-12-2)13-10-4-3-6-11-7-5-10/h9-11H,3-8H2,1-2H3. The molecule has 0 saturated carbocycles. The normalized spacial score (nSPS) is 26.8. The second kappa shape index (κ2) is 6.35. The lowest BCUT2D eigenvalue weighted by atomic mass is 10.1. The molecule has 2 atom stereocenters. The van der Waals surface area contributed by atoms with Crippen LogP contribution in [0.5, 0.6) is 0 Å². The molecule has 1 rings (SSSR count). The highest BCUT2D eigenvalue weighted by Crippen LogP contribution is 2.11. The Bertz CT molecular complexity index is 122. The van der Waals surface area contributed by atoms with Crippen molar-refractivity contribution in [2.24, 2.45) is 0 Å². The Hall–Kier alpha value is -0.120. The van der Waals surface area contributed by atoms with E-state index < -0.39 is 0 Å². The van der Waals surface area contributed by atoms with Gasteiger partial charge in [-0.2, -0.15) is 0 Å². The Morgan fingerprint density at radius 3 is 3.00 bits per heavy atom. The largest absolute Gasteiger partial charge is 0.382 e. The second-order valence-electron chi connectivity index (χ2n) is 3.70. The maximum atomic E-state index is 5.85. The van der Waals surface area contributed by atoms with Gasteiger partial charge < -0.3 is 14.8 Å². The molecule has 1 saturated heterocycles. The first-order valence-electron chi connectivity index (χ1n) is 5.18. The average molecular weight is 187 g/mol. The first-order chi connectivity index (χ1) is 6.33. The van der Waals surface area contributed by atoms with Crippen LogP contribution in [0.15, 0.2) is 0 Å². The van der Waals surface area contributed by atoms with Crippen molar-refractivity contribution in [2.75, 3.05) is 26.8 Å². The van der Waals surface area contributed by atoms with Crippen LogP contribution in [0.4, 0.5) is 0 Å². The third-order valence-electron chi connectivity index (χ3n) is 2.35. The number of ether oxygens (including phenoxy) is 2. The van der Waals surface area contributed by atoms with Crippen LogP contribution in [0.25, 0.3) is 0 Å². The molecule has 0 aliphatic carbocycles. The van der Waals surface area contributed by atoms with Crippen molar-refractivity contribution in [3.05, 3.63) is 0 Å². The Balaban J connectivity index is 2.17. The van der Waals surface area contributed by atoms with Crippen molar-refractivity contribution in [2.45, 2.75) is 38.4 Å². The van der Waals surface area contributed by atoms with E-state index in [0.29, 0.717) is 12.7 Å². The van der Waals surface area contributed by atoms with Gasteiger partial charge in [-0.15, -0.1) is 0 Å². The Morgan fingerprint density at radius 2 is 2.23 bits per heavy atom. The van der Waals surface area contributed by atoms with E-state index in [1.165, 1.54) is 12.8 Å². The first-order valence-corrected chi connectivity index (χ1v) is 5.18. The van der Waals surface area contributed by atoms with Gasteiger partial charge in [0.25, 0.3) is 0 Å². The summed E-state index contributed by atoms with van der Waals surface area (Å²) in [7, 11) is 1.72. The summed E-state index contributed by atoms with van der Waals surface area (Å²) in [5.41, 5.74) is 0. The third-order valence-corrected chi connectivity index (χ3v) is 2.35. The van der Waals surface area contributed by atoms with E-state index in [1.54, 1.807) is 7.11 Å². The van der Waals surface area contributed by atoms with Gasteiger partial charge in [-0.25, -0.2) is 0 Å². The van der Waals surface area contributed by atoms with E-state index >= 15 is 0 Å². The van der Waals surface area contributed by atoms with Crippen LogP contribution in [0.3, 0.4) is 0 Å². The Morgan fingerprint density at radius 1 is 1.38 bits per heavy atom. The monoisotopic (exact) mass is 187 g/mol. The summed E-state index contributed by atoms with van der Waals surface area (Å²) in [6, 6.07) is 0. The Labute approximate surface area is 80.8 Å². The van der Waals surface area contributed by atoms with Crippen LogP contribution in [-0.2, 0) is 9.47 Å². The van der Waals surface area contributed by atoms with Gasteiger partial charge in [-0.3, -0.25) is 0 Å². The minimum atomic E-state index is 0.230. The molecular weight excluding hydrogens is 166 g/mol. The van der Waals surface area contributed by atoms with Gasteiger partial charge in [0.2, 0.25) is 0 Å². The number of methoxy groups -OCH3 is 1. The molecule has 1 heterocycles. The quantitative estimate of drug-likeness (QED) is 0.717. The van der Waals surface area contributed by atoms with Gasteiger partial charge in [-0.1, -0.05) is 0 Å². The smallest absolute Gasteiger partial charge is 0.0784 e. The number of rotatable bonds is 4. The zero-order valence-electron chi connectivity index (χ0n) is 8.71. The summed E-state index contributed by atoms with van der Waals surface area (Å²) in [6.07, 6.45) is 4.20. The first kappa shape index (κ1) is 11.0. The van der Waals surface area contributed by atoms with E-state index in [2.05, 4.69) is 12.2 Å². The fraction of sp³-hybridized carbons (Fsp3) is 1.00. The lowest BCUT2D eigenvalue weighted by molar-refractivity contribution is -0.0425. The highest BCUT2D eigenvalue weighted by Gasteiger charge is 2.14. The maximum Gasteiger partial charge on any atom is 0.0784 e. The summed E-state index contributed by atoms with van der Waals surface area (Å²) in [4.78, 5) is 0. The van der Waals surface area contributed by atoms with Crippen molar-refractivity contribution in [3.63, 3.8) is 0 Å². The molecule has 13 heavy (non-hydrogen) atoms. The summed E-state index contributed by atoms with van der Waals surface area (Å²) < 4.78 is 10.9. The van der Waals surface area contributed by atoms with Gasteiger partial charge in [0, 0.05) is 7.11 Å². The van der Waals surface area contributed by atoms with Crippen LogP contribution in [0, 0.1) is 0 Å². The zero-order valence-corrected chi connectivity index (χ0v) is 8.71. The van der Waals surface area contributed by atoms with Crippen LogP contribution in [0.1, 0.15) is 26.2 Å². The average Bonchev–Trinajstić information content (AvgIpc) is 2.33. The van der Waals surface area contributed by atoms with Gasteiger partial charge >= 0.3 is 0 Å². The molecule has 0 radical (unpaired) electrons. The molecule has 1 N–H and O–H groups in total. The molecule has 0 aromatic heterocycles. The topological polar surface area (TPSA) is 30.5 Å². The summed E-state index contributed by atoms with van der Waals surface area (Å²) >= 11 is 0. The van der Waals surface area contributed by atoms with E-state index in [9.17, 15) is 0 Å². The molecule has 0 aromatic rings. The van der Waals surface area contributed by atoms with E-state index in [1.807, 2.05) is 0 Å². The lowest BCUT2D eigenvalue weighted by Crippen LogP contribution is -2.24. The summed E-state index contributed by atoms with van der Waals surface area (Å²) in [5, 5.41) is 3.37. The number of hydrogen-bond donors (Lipinski definition) is 1. The molecule has 0 amide bonds. The molecule has 0 spiro atoms. The fourth-order valence-corrected chi connectivity index (χ4v) is 1.73. The van der Waals surface area contributed by atoms with E-state index in [-0.39, 0.29) is 6.10 Å². The van der Waals surface area contributed by atoms with Crippen LogP contribution >= 0.6 is 0 Å². The molecule has 3 heteroatoms. The van der Waals surface area contributed by atoms with Gasteiger partial charge in [0.15, 0.2) is 0 Å². The highest BCUT2D eigenvalue weighted by molar-refractivity contribution is 4.67. The van der Waals surface area contributed by atoms with Gasteiger partial charge in [0.1, 0.15) is 0 Å². The van der Waals surface area contributed by atoms with E-state index in [0.717, 1.165) is 19.5 Å². The van der Waals surface area contributed by atoms with Crippen molar-refractivity contribution < 1.29 is 9.47 Å². The van der Waals surface area contributed by atoms with Crippen molar-refractivity contribution >= 4 is 0 Å². The van der Waals surface area contributed by atoms with Crippen molar-refractivity contribution in [1.82, 2.24) is 5.32 Å². The minimum Gasteiger partial charge on any atom is -0.382 e. The molecule has 1 fully saturated rings. The predicted octanol–water partition coefficient (Wildman–Crippen LogP) is 1.18. The number of nitrogens with one attached hydrogen (secondary N) is 1. The molecule has 78 valence electrons. The summed E-state index contributed by atoms with van der Waals surface area (Å²) in [6.45, 7) is 4.99. The van der Waals surface area contributed by atoms with Crippen LogP contribution < -0.4 is 5.32 Å². The summed E-state index contributed by atoms with van der Waals surface area (Å²) in [5.74, 6) is 0. The third kappa shape index (κ3) is 4.60. The molecule has 2 unspecified atom stereocenters. The van der Waals surface area contributed by atoms with Gasteiger partial charge in [-0.05, 0) is 39.3 Å². The van der Waals surface area contributed by atoms with Gasteiger partial charge in [0.05, 0.1) is 18.8 Å². The van der Waals surface area contributed by atoms with E-state index in [4.69, 9.17) is 9.47 Å². The number of hydrogen-bond acceptors (Lipinski definition) is 3. The fourth-order valence-electron chi connectivity index (χ4n) is 1.73. The molecule has 0 aromatic carbocycles. The predicted molar refractivity (Wildman–Crippen MR) is 52.9 cm³/mol. The molecule has 3 nitrogen and oxygen atoms in total. The van der Waals surface area contributed by atoms with Crippen molar-refractivity contribution in [3.8, 4) is 0 Å². The second-order valence-corrected chi connectivity index (χ2v) is 3.70. The van der Waals surface area contributed by atoms with Crippen LogP contribution in [0.2, 0.25) is 0 Å². The zero-order chi connectivity index (χ0) is 9.52. The molecule has 1 aliphatic heterocycles. The molecular formula is C10H21NO2. The molecule has 1 aliphatic rings. The van der Waals surface area contributed by atoms with Crippen LogP contribution in [-0.4, -0.2) is 39.0 Å². The molecule has 0 bridgehead atoms. The highest BCUT2D eigenvalue weighted by atomic mass is 16.5. The Kier molecular flexibility index (Phi) is 5.35. The maximum absolute atomic E-state index is 5.85. The SMILES string of the molecule is COCC(C)OC1CCCNCC1. The lowest BCUT2D eigenvalue weighted by Gasteiger charge is -2.20. The van der Waals surface area contributed by atoms with Crippen molar-refractivity contribution in [1.29, 1.82) is 0 Å². The minimum absolute atomic E-state index is 0.230.